The van der Waals surface area contributed by atoms with Crippen molar-refractivity contribution in [2.45, 2.75) is 32.2 Å². The van der Waals surface area contributed by atoms with Crippen LogP contribution in [0.1, 0.15) is 25.3 Å². The van der Waals surface area contributed by atoms with Gasteiger partial charge in [0.2, 0.25) is 17.7 Å². The van der Waals surface area contributed by atoms with Crippen molar-refractivity contribution in [3.05, 3.63) is 29.8 Å². The Balaban J connectivity index is 1.29. The van der Waals surface area contributed by atoms with Gasteiger partial charge in [-0.15, -0.1) is 0 Å². The maximum absolute atomic E-state index is 12.8. The summed E-state index contributed by atoms with van der Waals surface area (Å²) in [6, 6.07) is 7.79. The molecule has 2 saturated heterocycles. The first-order valence-electron chi connectivity index (χ1n) is 10.2. The molecule has 0 radical (unpaired) electrons. The van der Waals surface area contributed by atoms with Gasteiger partial charge in [-0.05, 0) is 30.9 Å². The molecule has 0 aromatic heterocycles. The minimum atomic E-state index is -0.299. The second-order valence-corrected chi connectivity index (χ2v) is 7.90. The van der Waals surface area contributed by atoms with Crippen molar-refractivity contribution in [2.75, 3.05) is 50.7 Å². The molecular formula is C21H28N4O3. The van der Waals surface area contributed by atoms with Crippen LogP contribution in [0, 0.1) is 0 Å². The Morgan fingerprint density at radius 1 is 1.00 bits per heavy atom. The second-order valence-electron chi connectivity index (χ2n) is 7.90. The van der Waals surface area contributed by atoms with Gasteiger partial charge in [0, 0.05) is 51.9 Å². The van der Waals surface area contributed by atoms with Crippen LogP contribution >= 0.6 is 0 Å². The Bertz CT molecular complexity index is 773. The fourth-order valence-corrected chi connectivity index (χ4v) is 4.61. The average Bonchev–Trinajstić information content (AvgIpc) is 3.35. The van der Waals surface area contributed by atoms with E-state index in [2.05, 4.69) is 11.0 Å². The first kappa shape index (κ1) is 18.9. The number of likely N-dealkylation sites (tertiary alicyclic amines) is 1. The van der Waals surface area contributed by atoms with Crippen LogP contribution in [0.25, 0.3) is 0 Å². The molecule has 1 aromatic rings. The Kier molecular flexibility index (Phi) is 5.35. The highest BCUT2D eigenvalue weighted by atomic mass is 16.2. The first-order chi connectivity index (χ1) is 13.5. The molecule has 3 amide bonds. The average molecular weight is 384 g/mol. The van der Waals surface area contributed by atoms with Gasteiger partial charge in [0.15, 0.2) is 0 Å². The quantitative estimate of drug-likeness (QED) is 0.771. The molecule has 0 spiro atoms. The van der Waals surface area contributed by atoms with E-state index in [1.54, 1.807) is 4.90 Å². The Morgan fingerprint density at radius 2 is 1.75 bits per heavy atom. The van der Waals surface area contributed by atoms with Crippen LogP contribution in [0.2, 0.25) is 0 Å². The summed E-state index contributed by atoms with van der Waals surface area (Å²) < 4.78 is 0. The monoisotopic (exact) mass is 384 g/mol. The molecule has 1 aromatic carbocycles. The van der Waals surface area contributed by atoms with Crippen molar-refractivity contribution in [2.24, 2.45) is 0 Å². The van der Waals surface area contributed by atoms with Gasteiger partial charge in [-0.1, -0.05) is 18.2 Å². The molecule has 2 fully saturated rings. The maximum Gasteiger partial charge on any atom is 0.245 e. The van der Waals surface area contributed by atoms with Crippen LogP contribution in [-0.2, 0) is 20.8 Å². The zero-order valence-corrected chi connectivity index (χ0v) is 16.5. The lowest BCUT2D eigenvalue weighted by Gasteiger charge is -2.37. The lowest BCUT2D eigenvalue weighted by Crippen LogP contribution is -2.55. The molecule has 0 bridgehead atoms. The number of carbonyl (C=O) groups is 3. The summed E-state index contributed by atoms with van der Waals surface area (Å²) in [7, 11) is 0. The van der Waals surface area contributed by atoms with Crippen molar-refractivity contribution in [1.29, 1.82) is 0 Å². The topological polar surface area (TPSA) is 64.2 Å². The Morgan fingerprint density at radius 3 is 2.50 bits per heavy atom. The van der Waals surface area contributed by atoms with Gasteiger partial charge in [-0.25, -0.2) is 0 Å². The number of piperazine rings is 1. The number of hydrogen-bond donors (Lipinski definition) is 0. The van der Waals surface area contributed by atoms with E-state index in [9.17, 15) is 14.4 Å². The number of benzene rings is 1. The van der Waals surface area contributed by atoms with E-state index < -0.39 is 0 Å². The van der Waals surface area contributed by atoms with E-state index in [0.717, 1.165) is 31.5 Å². The number of para-hydroxylation sites is 1. The van der Waals surface area contributed by atoms with Gasteiger partial charge >= 0.3 is 0 Å². The Labute approximate surface area is 165 Å². The lowest BCUT2D eigenvalue weighted by atomic mass is 10.1. The minimum absolute atomic E-state index is 0.0222. The van der Waals surface area contributed by atoms with Crippen LogP contribution in [0.3, 0.4) is 0 Å². The van der Waals surface area contributed by atoms with E-state index >= 15 is 0 Å². The largest absolute Gasteiger partial charge is 0.338 e. The third-order valence-corrected chi connectivity index (χ3v) is 6.17. The van der Waals surface area contributed by atoms with Crippen molar-refractivity contribution in [3.63, 3.8) is 0 Å². The summed E-state index contributed by atoms with van der Waals surface area (Å²) in [6.07, 6.45) is 2.56. The molecule has 28 heavy (non-hydrogen) atoms. The third-order valence-electron chi connectivity index (χ3n) is 6.17. The van der Waals surface area contributed by atoms with Gasteiger partial charge < -0.3 is 14.7 Å². The van der Waals surface area contributed by atoms with Crippen LogP contribution in [0.4, 0.5) is 5.69 Å². The molecule has 150 valence electrons. The summed E-state index contributed by atoms with van der Waals surface area (Å²) in [5.41, 5.74) is 2.27. The normalized spacial score (nSPS) is 22.5. The number of anilines is 1. The van der Waals surface area contributed by atoms with Crippen LogP contribution in [0.15, 0.2) is 24.3 Å². The Hall–Kier alpha value is -2.41. The highest BCUT2D eigenvalue weighted by molar-refractivity contribution is 5.96. The molecule has 1 atom stereocenters. The molecule has 7 nitrogen and oxygen atoms in total. The van der Waals surface area contributed by atoms with Gasteiger partial charge in [-0.2, -0.15) is 0 Å². The fourth-order valence-electron chi connectivity index (χ4n) is 4.61. The SMILES string of the molecule is CC(=O)N1CCCC1C(=O)N1CCN(CC(=O)N2CCc3ccccc32)CC1. The minimum Gasteiger partial charge on any atom is -0.338 e. The van der Waals surface area contributed by atoms with Gasteiger partial charge in [-0.3, -0.25) is 19.3 Å². The summed E-state index contributed by atoms with van der Waals surface area (Å²) in [6.45, 7) is 5.97. The van der Waals surface area contributed by atoms with Crippen molar-refractivity contribution in [1.82, 2.24) is 14.7 Å². The predicted octanol–water partition coefficient (Wildman–Crippen LogP) is 0.731. The smallest absolute Gasteiger partial charge is 0.245 e. The second kappa shape index (κ2) is 7.91. The van der Waals surface area contributed by atoms with Gasteiger partial charge in [0.05, 0.1) is 6.54 Å². The zero-order chi connectivity index (χ0) is 19.7. The molecular weight excluding hydrogens is 356 g/mol. The van der Waals surface area contributed by atoms with Gasteiger partial charge in [0.25, 0.3) is 0 Å². The predicted molar refractivity (Wildman–Crippen MR) is 106 cm³/mol. The summed E-state index contributed by atoms with van der Waals surface area (Å²) in [5, 5.41) is 0. The molecule has 3 heterocycles. The van der Waals surface area contributed by atoms with Crippen LogP contribution in [0.5, 0.6) is 0 Å². The lowest BCUT2D eigenvalue weighted by molar-refractivity contribution is -0.144. The first-order valence-corrected chi connectivity index (χ1v) is 10.2. The standard InChI is InChI=1S/C21H28N4O3/c1-16(26)24-9-4-7-19(24)21(28)23-13-11-22(12-14-23)15-20(27)25-10-8-17-5-2-3-6-18(17)25/h2-3,5-6,19H,4,7-15H2,1H3. The van der Waals surface area contributed by atoms with E-state index in [4.69, 9.17) is 0 Å². The van der Waals surface area contributed by atoms with Gasteiger partial charge in [0.1, 0.15) is 6.04 Å². The fraction of sp³-hybridized carbons (Fsp3) is 0.571. The maximum atomic E-state index is 12.8. The van der Waals surface area contributed by atoms with Crippen LogP contribution in [-0.4, -0.2) is 84.3 Å². The molecule has 1 unspecified atom stereocenters. The summed E-state index contributed by atoms with van der Waals surface area (Å²) >= 11 is 0. The molecule has 0 saturated carbocycles. The number of rotatable bonds is 3. The summed E-state index contributed by atoms with van der Waals surface area (Å²) in [4.78, 5) is 44.9. The number of fused-ring (bicyclic) bond motifs is 1. The number of hydrogen-bond acceptors (Lipinski definition) is 4. The molecule has 0 N–H and O–H groups in total. The van der Waals surface area contributed by atoms with E-state index in [1.165, 1.54) is 12.5 Å². The van der Waals surface area contributed by atoms with E-state index in [0.29, 0.717) is 39.3 Å². The van der Waals surface area contributed by atoms with E-state index in [-0.39, 0.29) is 23.8 Å². The van der Waals surface area contributed by atoms with Crippen molar-refractivity contribution in [3.8, 4) is 0 Å². The van der Waals surface area contributed by atoms with Crippen LogP contribution < -0.4 is 4.90 Å². The molecule has 4 rings (SSSR count). The highest BCUT2D eigenvalue weighted by Gasteiger charge is 2.36. The van der Waals surface area contributed by atoms with Crippen molar-refractivity contribution < 1.29 is 14.4 Å². The molecule has 3 aliphatic heterocycles. The molecule has 3 aliphatic rings. The van der Waals surface area contributed by atoms with E-state index in [1.807, 2.05) is 28.0 Å². The highest BCUT2D eigenvalue weighted by Crippen LogP contribution is 2.27. The summed E-state index contributed by atoms with van der Waals surface area (Å²) in [5.74, 6) is 0.168. The third kappa shape index (κ3) is 3.63. The number of carbonyl (C=O) groups excluding carboxylic acids is 3. The zero-order valence-electron chi connectivity index (χ0n) is 16.5. The molecule has 0 aliphatic carbocycles. The number of nitrogens with zero attached hydrogens (tertiary/aromatic N) is 4. The van der Waals surface area contributed by atoms with Crippen molar-refractivity contribution >= 4 is 23.4 Å². The molecule has 7 heteroatoms. The number of amides is 3.